The highest BCUT2D eigenvalue weighted by Gasteiger charge is 2.21. The van der Waals surface area contributed by atoms with Crippen molar-refractivity contribution in [1.82, 2.24) is 0 Å². The molecule has 112 valence electrons. The van der Waals surface area contributed by atoms with Gasteiger partial charge in [0.2, 0.25) is 0 Å². The molecular formula is C16H16Br2O2S. The van der Waals surface area contributed by atoms with E-state index in [9.17, 15) is 0 Å². The zero-order valence-corrected chi connectivity index (χ0v) is 16.0. The predicted molar refractivity (Wildman–Crippen MR) is 96.2 cm³/mol. The third-order valence-electron chi connectivity index (χ3n) is 3.20. The van der Waals surface area contributed by atoms with E-state index >= 15 is 0 Å². The molecule has 0 aromatic heterocycles. The minimum Gasteiger partial charge on any atom is -0.495 e. The highest BCUT2D eigenvalue weighted by atomic mass is 79.9. The molecule has 0 aliphatic carbocycles. The smallest absolute Gasteiger partial charge is 0.141 e. The van der Waals surface area contributed by atoms with E-state index in [-0.39, 0.29) is 4.83 Å². The second kappa shape index (κ2) is 7.56. The summed E-state index contributed by atoms with van der Waals surface area (Å²) in [5.41, 5.74) is 2.28. The van der Waals surface area contributed by atoms with Gasteiger partial charge in [0.05, 0.1) is 19.0 Å². The summed E-state index contributed by atoms with van der Waals surface area (Å²) in [6.45, 7) is 0. The van der Waals surface area contributed by atoms with Crippen molar-refractivity contribution in [3.63, 3.8) is 0 Å². The maximum atomic E-state index is 5.57. The molecular weight excluding hydrogens is 416 g/mol. The molecule has 0 radical (unpaired) electrons. The van der Waals surface area contributed by atoms with Gasteiger partial charge in [-0.3, -0.25) is 0 Å². The summed E-state index contributed by atoms with van der Waals surface area (Å²) < 4.78 is 11.7. The molecule has 0 saturated carbocycles. The third kappa shape index (κ3) is 3.41. The fraction of sp³-hybridized carbons (Fsp3) is 0.250. The van der Waals surface area contributed by atoms with Gasteiger partial charge >= 0.3 is 0 Å². The van der Waals surface area contributed by atoms with Gasteiger partial charge in [0.15, 0.2) is 0 Å². The molecule has 2 aromatic rings. The maximum Gasteiger partial charge on any atom is 0.141 e. The van der Waals surface area contributed by atoms with Crippen LogP contribution in [0.1, 0.15) is 16.0 Å². The molecule has 0 bridgehead atoms. The largest absolute Gasteiger partial charge is 0.495 e. The Balaban J connectivity index is 2.53. The lowest BCUT2D eigenvalue weighted by atomic mass is 10.0. The predicted octanol–water partition coefficient (Wildman–Crippen LogP) is 5.67. The monoisotopic (exact) mass is 430 g/mol. The Morgan fingerprint density at radius 2 is 1.71 bits per heavy atom. The number of hydrogen-bond donors (Lipinski definition) is 0. The quantitative estimate of drug-likeness (QED) is 0.448. The summed E-state index contributed by atoms with van der Waals surface area (Å²) in [4.78, 5) is 1.30. The van der Waals surface area contributed by atoms with Crippen LogP contribution < -0.4 is 9.47 Å². The van der Waals surface area contributed by atoms with Crippen LogP contribution in [0.15, 0.2) is 45.8 Å². The van der Waals surface area contributed by atoms with Crippen LogP contribution in [0.2, 0.25) is 0 Å². The number of ether oxygens (including phenoxy) is 2. The highest BCUT2D eigenvalue weighted by Crippen LogP contribution is 2.45. The molecule has 0 saturated heterocycles. The van der Waals surface area contributed by atoms with Gasteiger partial charge in [0.1, 0.15) is 16.0 Å². The Labute approximate surface area is 146 Å². The summed E-state index contributed by atoms with van der Waals surface area (Å²) in [6.07, 6.45) is 2.08. The summed E-state index contributed by atoms with van der Waals surface area (Å²) in [7, 11) is 3.32. The van der Waals surface area contributed by atoms with E-state index in [0.717, 1.165) is 21.5 Å². The molecule has 0 heterocycles. The van der Waals surface area contributed by atoms with Crippen LogP contribution in [-0.2, 0) is 0 Å². The minimum absolute atomic E-state index is 0.0540. The molecule has 0 aliphatic rings. The average molecular weight is 432 g/mol. The van der Waals surface area contributed by atoms with Crippen molar-refractivity contribution in [2.24, 2.45) is 0 Å². The number of benzene rings is 2. The van der Waals surface area contributed by atoms with Crippen molar-refractivity contribution in [3.05, 3.63) is 52.0 Å². The first kappa shape index (κ1) is 16.7. The average Bonchev–Trinajstić information content (AvgIpc) is 2.53. The molecule has 0 amide bonds. The van der Waals surface area contributed by atoms with Gasteiger partial charge in [0, 0.05) is 10.5 Å². The van der Waals surface area contributed by atoms with E-state index in [2.05, 4.69) is 56.3 Å². The Bertz CT molecular complexity index is 632. The van der Waals surface area contributed by atoms with Crippen LogP contribution in [0.25, 0.3) is 0 Å². The van der Waals surface area contributed by atoms with E-state index in [1.165, 1.54) is 10.5 Å². The Morgan fingerprint density at radius 3 is 2.33 bits per heavy atom. The second-order valence-corrected chi connectivity index (χ2v) is 6.87. The molecule has 0 spiro atoms. The van der Waals surface area contributed by atoms with E-state index in [1.54, 1.807) is 26.0 Å². The second-order valence-electron chi connectivity index (χ2n) is 4.31. The van der Waals surface area contributed by atoms with Crippen LogP contribution >= 0.6 is 43.6 Å². The van der Waals surface area contributed by atoms with Crippen LogP contribution in [0.4, 0.5) is 0 Å². The fourth-order valence-corrected chi connectivity index (χ4v) is 4.39. The Morgan fingerprint density at radius 1 is 1.00 bits per heavy atom. The van der Waals surface area contributed by atoms with Gasteiger partial charge in [-0.25, -0.2) is 0 Å². The first-order chi connectivity index (χ1) is 10.1. The number of alkyl halides is 1. The lowest BCUT2D eigenvalue weighted by molar-refractivity contribution is 0.386. The third-order valence-corrected chi connectivity index (χ3v) is 5.75. The number of thioether (sulfide) groups is 1. The topological polar surface area (TPSA) is 18.5 Å². The fourth-order valence-electron chi connectivity index (χ4n) is 2.16. The lowest BCUT2D eigenvalue weighted by Crippen LogP contribution is -2.00. The maximum absolute atomic E-state index is 5.57. The zero-order chi connectivity index (χ0) is 15.4. The van der Waals surface area contributed by atoms with Crippen LogP contribution in [0, 0.1) is 0 Å². The van der Waals surface area contributed by atoms with Crippen molar-refractivity contribution >= 4 is 43.6 Å². The molecule has 1 unspecified atom stereocenters. The Hall–Kier alpha value is -0.650. The SMILES string of the molecule is COc1ccc(C(Br)c2ccccc2SC)c(OC)c1Br. The Kier molecular flexibility index (Phi) is 6.02. The van der Waals surface area contributed by atoms with Gasteiger partial charge in [-0.15, -0.1) is 11.8 Å². The van der Waals surface area contributed by atoms with E-state index in [4.69, 9.17) is 9.47 Å². The zero-order valence-electron chi connectivity index (χ0n) is 12.0. The number of halogens is 2. The molecule has 2 rings (SSSR count). The van der Waals surface area contributed by atoms with Gasteiger partial charge in [0.25, 0.3) is 0 Å². The number of rotatable bonds is 5. The standard InChI is InChI=1S/C16H16Br2O2S/c1-19-12-9-8-11(16(20-2)15(12)18)14(17)10-6-4-5-7-13(10)21-3/h4-9,14H,1-3H3. The highest BCUT2D eigenvalue weighted by molar-refractivity contribution is 9.10. The van der Waals surface area contributed by atoms with Gasteiger partial charge in [-0.2, -0.15) is 0 Å². The van der Waals surface area contributed by atoms with Crippen molar-refractivity contribution < 1.29 is 9.47 Å². The van der Waals surface area contributed by atoms with E-state index < -0.39 is 0 Å². The molecule has 0 fully saturated rings. The van der Waals surface area contributed by atoms with Crippen molar-refractivity contribution in [2.45, 2.75) is 9.72 Å². The first-order valence-electron chi connectivity index (χ1n) is 6.31. The van der Waals surface area contributed by atoms with E-state index in [1.807, 2.05) is 18.2 Å². The number of hydrogen-bond acceptors (Lipinski definition) is 3. The summed E-state index contributed by atoms with van der Waals surface area (Å²) >= 11 is 9.09. The number of methoxy groups -OCH3 is 2. The molecule has 0 N–H and O–H groups in total. The van der Waals surface area contributed by atoms with Crippen molar-refractivity contribution in [1.29, 1.82) is 0 Å². The summed E-state index contributed by atoms with van der Waals surface area (Å²) in [5, 5.41) is 0. The molecule has 0 aliphatic heterocycles. The minimum atomic E-state index is 0.0540. The van der Waals surface area contributed by atoms with Crippen LogP contribution in [0.3, 0.4) is 0 Å². The van der Waals surface area contributed by atoms with Crippen LogP contribution in [-0.4, -0.2) is 20.5 Å². The van der Waals surface area contributed by atoms with Crippen molar-refractivity contribution in [2.75, 3.05) is 20.5 Å². The van der Waals surface area contributed by atoms with Crippen molar-refractivity contribution in [3.8, 4) is 11.5 Å². The molecule has 5 heteroatoms. The van der Waals surface area contributed by atoms with Gasteiger partial charge < -0.3 is 9.47 Å². The molecule has 21 heavy (non-hydrogen) atoms. The summed E-state index contributed by atoms with van der Waals surface area (Å²) in [6, 6.07) is 12.3. The first-order valence-corrected chi connectivity index (χ1v) is 9.24. The van der Waals surface area contributed by atoms with Gasteiger partial charge in [-0.1, -0.05) is 40.2 Å². The van der Waals surface area contributed by atoms with E-state index in [0.29, 0.717) is 0 Å². The molecule has 2 aromatic carbocycles. The van der Waals surface area contributed by atoms with Crippen LogP contribution in [0.5, 0.6) is 11.5 Å². The lowest BCUT2D eigenvalue weighted by Gasteiger charge is -2.19. The molecule has 1 atom stereocenters. The summed E-state index contributed by atoms with van der Waals surface area (Å²) in [5.74, 6) is 1.54. The normalized spacial score (nSPS) is 12.0. The van der Waals surface area contributed by atoms with Gasteiger partial charge in [-0.05, 0) is 39.9 Å². The molecule has 2 nitrogen and oxygen atoms in total.